The van der Waals surface area contributed by atoms with Crippen molar-refractivity contribution in [3.63, 3.8) is 0 Å². The van der Waals surface area contributed by atoms with Gasteiger partial charge in [0, 0.05) is 12.6 Å². The van der Waals surface area contributed by atoms with E-state index in [0.29, 0.717) is 24.7 Å². The van der Waals surface area contributed by atoms with Crippen LogP contribution in [0.3, 0.4) is 0 Å². The second-order valence-electron chi connectivity index (χ2n) is 5.72. The van der Waals surface area contributed by atoms with E-state index in [1.54, 1.807) is 21.0 Å². The molecule has 3 amide bonds. The lowest BCUT2D eigenvalue weighted by Crippen LogP contribution is -2.48. The van der Waals surface area contributed by atoms with Crippen molar-refractivity contribution < 1.29 is 19.1 Å². The molecule has 0 saturated carbocycles. The van der Waals surface area contributed by atoms with E-state index in [9.17, 15) is 9.59 Å². The summed E-state index contributed by atoms with van der Waals surface area (Å²) in [6, 6.07) is 4.55. The molecule has 25 heavy (non-hydrogen) atoms. The lowest BCUT2D eigenvalue weighted by atomic mass is 10.1. The number of carbonyl (C=O) groups excluding carboxylic acids is 2. The van der Waals surface area contributed by atoms with Gasteiger partial charge in [0.15, 0.2) is 11.5 Å². The van der Waals surface area contributed by atoms with Gasteiger partial charge < -0.3 is 14.8 Å². The number of carbonyl (C=O) groups is 2. The van der Waals surface area contributed by atoms with Crippen LogP contribution in [0.1, 0.15) is 45.7 Å². The van der Waals surface area contributed by atoms with Gasteiger partial charge in [-0.15, -0.1) is 0 Å². The second-order valence-corrected chi connectivity index (χ2v) is 5.72. The molecular weight excluding hydrogens is 322 g/mol. The fraction of sp³-hybridized carbons (Fsp3) is 0.556. The maximum atomic E-state index is 12.0. The number of hydrogen-bond donors (Lipinski definition) is 3. The number of ether oxygens (including phenoxy) is 2. The maximum absolute atomic E-state index is 12.0. The van der Waals surface area contributed by atoms with Gasteiger partial charge in [0.05, 0.1) is 19.8 Å². The van der Waals surface area contributed by atoms with Crippen LogP contribution >= 0.6 is 0 Å². The highest BCUT2D eigenvalue weighted by atomic mass is 16.5. The first-order valence-corrected chi connectivity index (χ1v) is 8.58. The zero-order valence-electron chi connectivity index (χ0n) is 15.6. The predicted octanol–water partition coefficient (Wildman–Crippen LogP) is 2.37. The van der Waals surface area contributed by atoms with Crippen molar-refractivity contribution in [3.05, 3.63) is 23.8 Å². The van der Waals surface area contributed by atoms with Crippen LogP contribution in [0.5, 0.6) is 11.5 Å². The summed E-state index contributed by atoms with van der Waals surface area (Å²) in [6.45, 7) is 8.57. The summed E-state index contributed by atoms with van der Waals surface area (Å²) in [4.78, 5) is 23.4. The quantitative estimate of drug-likeness (QED) is 0.636. The molecule has 7 heteroatoms. The Morgan fingerprint density at radius 1 is 1.16 bits per heavy atom. The largest absolute Gasteiger partial charge is 0.493 e. The average molecular weight is 351 g/mol. The van der Waals surface area contributed by atoms with Crippen molar-refractivity contribution in [1.82, 2.24) is 16.0 Å². The molecule has 3 N–H and O–H groups in total. The molecular formula is C18H29N3O4. The molecule has 0 bridgehead atoms. The van der Waals surface area contributed by atoms with Crippen molar-refractivity contribution in [1.29, 1.82) is 0 Å². The summed E-state index contributed by atoms with van der Waals surface area (Å²) in [7, 11) is 1.60. The van der Waals surface area contributed by atoms with Crippen molar-refractivity contribution in [2.24, 2.45) is 0 Å². The van der Waals surface area contributed by atoms with Crippen molar-refractivity contribution in [2.45, 2.75) is 46.2 Å². The molecule has 0 fully saturated rings. The molecule has 1 aromatic carbocycles. The number of hydrogen-bond acceptors (Lipinski definition) is 5. The van der Waals surface area contributed by atoms with Gasteiger partial charge in [-0.1, -0.05) is 13.0 Å². The van der Waals surface area contributed by atoms with Crippen LogP contribution in [0, 0.1) is 0 Å². The fourth-order valence-corrected chi connectivity index (χ4v) is 2.26. The third-order valence-corrected chi connectivity index (χ3v) is 3.62. The van der Waals surface area contributed by atoms with Crippen LogP contribution in [0.4, 0.5) is 4.79 Å². The molecule has 0 aliphatic heterocycles. The van der Waals surface area contributed by atoms with E-state index < -0.39 is 12.1 Å². The standard InChI is InChI=1S/C18H29N3O4/c1-6-10-25-15-9-8-14(11-16(15)24-5)12(3)20-13(4)17(22)21-18(23)19-7-2/h8-9,11-13,20H,6-7,10H2,1-5H3,(H2,19,21,22,23). The Morgan fingerprint density at radius 2 is 1.88 bits per heavy atom. The van der Waals surface area contributed by atoms with Gasteiger partial charge in [-0.25, -0.2) is 4.79 Å². The Kier molecular flexibility index (Phi) is 8.77. The van der Waals surface area contributed by atoms with Crippen LogP contribution in [0.15, 0.2) is 18.2 Å². The SMILES string of the molecule is CCCOc1ccc(C(C)NC(C)C(=O)NC(=O)NCC)cc1OC. The number of rotatable bonds is 9. The second kappa shape index (κ2) is 10.6. The Balaban J connectivity index is 2.71. The van der Waals surface area contributed by atoms with Crippen LogP contribution in [0.25, 0.3) is 0 Å². The Morgan fingerprint density at radius 3 is 2.48 bits per heavy atom. The number of urea groups is 1. The number of benzene rings is 1. The van der Waals surface area contributed by atoms with E-state index >= 15 is 0 Å². The zero-order valence-corrected chi connectivity index (χ0v) is 15.6. The normalized spacial score (nSPS) is 12.8. The molecule has 1 rings (SSSR count). The molecule has 7 nitrogen and oxygen atoms in total. The van der Waals surface area contributed by atoms with Gasteiger partial charge in [0.2, 0.25) is 5.91 Å². The van der Waals surface area contributed by atoms with Crippen molar-refractivity contribution >= 4 is 11.9 Å². The van der Waals surface area contributed by atoms with Crippen molar-refractivity contribution in [2.75, 3.05) is 20.3 Å². The van der Waals surface area contributed by atoms with Gasteiger partial charge in [-0.05, 0) is 44.9 Å². The Bertz CT molecular complexity index is 577. The summed E-state index contributed by atoms with van der Waals surface area (Å²) in [5.74, 6) is 0.967. The maximum Gasteiger partial charge on any atom is 0.321 e. The minimum atomic E-state index is -0.528. The first-order valence-electron chi connectivity index (χ1n) is 8.58. The Hall–Kier alpha value is -2.28. The van der Waals surface area contributed by atoms with Gasteiger partial charge in [-0.3, -0.25) is 15.4 Å². The Labute approximate surface area is 149 Å². The number of methoxy groups -OCH3 is 1. The van der Waals surface area contributed by atoms with E-state index in [4.69, 9.17) is 9.47 Å². The molecule has 2 unspecified atom stereocenters. The molecule has 2 atom stereocenters. The van der Waals surface area contributed by atoms with E-state index in [2.05, 4.69) is 16.0 Å². The molecule has 0 radical (unpaired) electrons. The molecule has 0 saturated heterocycles. The highest BCUT2D eigenvalue weighted by molar-refractivity contribution is 5.96. The molecule has 0 heterocycles. The van der Waals surface area contributed by atoms with E-state index in [1.807, 2.05) is 32.0 Å². The lowest BCUT2D eigenvalue weighted by Gasteiger charge is -2.21. The molecule has 1 aromatic rings. The van der Waals surface area contributed by atoms with Gasteiger partial charge in [-0.2, -0.15) is 0 Å². The molecule has 0 aromatic heterocycles. The third-order valence-electron chi connectivity index (χ3n) is 3.62. The topological polar surface area (TPSA) is 88.7 Å². The molecule has 0 aliphatic rings. The van der Waals surface area contributed by atoms with E-state index in [0.717, 1.165) is 12.0 Å². The molecule has 140 valence electrons. The zero-order chi connectivity index (χ0) is 18.8. The van der Waals surface area contributed by atoms with Crippen LogP contribution < -0.4 is 25.4 Å². The van der Waals surface area contributed by atoms with E-state index in [1.165, 1.54) is 0 Å². The first kappa shape index (κ1) is 20.8. The first-order chi connectivity index (χ1) is 11.9. The smallest absolute Gasteiger partial charge is 0.321 e. The summed E-state index contributed by atoms with van der Waals surface area (Å²) in [5.41, 5.74) is 0.957. The minimum absolute atomic E-state index is 0.107. The van der Waals surface area contributed by atoms with Crippen LogP contribution in [-0.2, 0) is 4.79 Å². The summed E-state index contributed by atoms with van der Waals surface area (Å²) < 4.78 is 11.0. The minimum Gasteiger partial charge on any atom is -0.493 e. The summed E-state index contributed by atoms with van der Waals surface area (Å²) in [5, 5.41) is 7.99. The number of nitrogens with one attached hydrogen (secondary N) is 3. The molecule has 0 spiro atoms. The fourth-order valence-electron chi connectivity index (χ4n) is 2.26. The van der Waals surface area contributed by atoms with Crippen LogP contribution in [-0.4, -0.2) is 38.2 Å². The van der Waals surface area contributed by atoms with Gasteiger partial charge in [0.25, 0.3) is 0 Å². The number of imide groups is 1. The van der Waals surface area contributed by atoms with Gasteiger partial charge >= 0.3 is 6.03 Å². The third kappa shape index (κ3) is 6.62. The summed E-state index contributed by atoms with van der Waals surface area (Å²) >= 11 is 0. The van der Waals surface area contributed by atoms with Crippen LogP contribution in [0.2, 0.25) is 0 Å². The lowest BCUT2D eigenvalue weighted by molar-refractivity contribution is -0.121. The monoisotopic (exact) mass is 351 g/mol. The highest BCUT2D eigenvalue weighted by Gasteiger charge is 2.19. The van der Waals surface area contributed by atoms with Crippen molar-refractivity contribution in [3.8, 4) is 11.5 Å². The predicted molar refractivity (Wildman–Crippen MR) is 97.0 cm³/mol. The van der Waals surface area contributed by atoms with E-state index in [-0.39, 0.29) is 11.9 Å². The number of amides is 3. The average Bonchev–Trinajstić information content (AvgIpc) is 2.59. The molecule has 0 aliphatic carbocycles. The highest BCUT2D eigenvalue weighted by Crippen LogP contribution is 2.30. The van der Waals surface area contributed by atoms with Gasteiger partial charge in [0.1, 0.15) is 0 Å². The summed E-state index contributed by atoms with van der Waals surface area (Å²) in [6.07, 6.45) is 0.918.